The number of nitrogens with one attached hydrogen (secondary N) is 2. The van der Waals surface area contributed by atoms with E-state index in [1.54, 1.807) is 31.2 Å². The number of fused-ring (bicyclic) bond motifs is 1. The van der Waals surface area contributed by atoms with Crippen LogP contribution in [0.5, 0.6) is 0 Å². The van der Waals surface area contributed by atoms with Gasteiger partial charge in [-0.05, 0) is 61.9 Å². The molecule has 26 heavy (non-hydrogen) atoms. The summed E-state index contributed by atoms with van der Waals surface area (Å²) in [6.45, 7) is 4.19. The lowest BCUT2D eigenvalue weighted by atomic mass is 9.86. The number of esters is 1. The molecule has 1 heterocycles. The number of thiophene rings is 1. The lowest BCUT2D eigenvalue weighted by molar-refractivity contribution is 0.0526. The zero-order valence-electron chi connectivity index (χ0n) is 14.7. The summed E-state index contributed by atoms with van der Waals surface area (Å²) >= 11 is 7.32. The van der Waals surface area contributed by atoms with E-state index >= 15 is 0 Å². The van der Waals surface area contributed by atoms with Crippen LogP contribution in [0, 0.1) is 0 Å². The Hall–Kier alpha value is -2.05. The van der Waals surface area contributed by atoms with Crippen molar-refractivity contribution in [2.45, 2.75) is 39.0 Å². The number of hydrogen-bond donors (Lipinski definition) is 2. The molecule has 1 aliphatic rings. The van der Waals surface area contributed by atoms with Gasteiger partial charge in [0.15, 0.2) is 0 Å². The summed E-state index contributed by atoms with van der Waals surface area (Å²) in [5.41, 5.74) is 2.16. The molecule has 2 amide bonds. The molecule has 0 saturated carbocycles. The Labute approximate surface area is 161 Å². The summed E-state index contributed by atoms with van der Waals surface area (Å²) in [4.78, 5) is 26.1. The van der Waals surface area contributed by atoms with E-state index < -0.39 is 6.03 Å². The highest BCUT2D eigenvalue weighted by molar-refractivity contribution is 7.17. The minimum Gasteiger partial charge on any atom is -0.462 e. The summed E-state index contributed by atoms with van der Waals surface area (Å²) in [7, 11) is 0. The average Bonchev–Trinajstić information content (AvgIpc) is 2.96. The minimum atomic E-state index is -0.399. The van der Waals surface area contributed by atoms with Gasteiger partial charge in [-0.25, -0.2) is 9.59 Å². The third-order valence-corrected chi connectivity index (χ3v) is 5.80. The molecule has 1 aromatic heterocycles. The van der Waals surface area contributed by atoms with E-state index in [0.29, 0.717) is 27.9 Å². The van der Waals surface area contributed by atoms with Crippen LogP contribution >= 0.6 is 22.9 Å². The lowest BCUT2D eigenvalue weighted by Crippen LogP contribution is -2.21. The van der Waals surface area contributed by atoms with E-state index in [1.165, 1.54) is 11.3 Å². The molecule has 138 valence electrons. The van der Waals surface area contributed by atoms with Gasteiger partial charge in [-0.1, -0.05) is 18.5 Å². The second-order valence-corrected chi connectivity index (χ2v) is 7.78. The van der Waals surface area contributed by atoms with E-state index in [2.05, 4.69) is 17.6 Å². The molecular formula is C19H21ClN2O3S. The quantitative estimate of drug-likeness (QED) is 0.659. The highest BCUT2D eigenvalue weighted by atomic mass is 35.5. The molecule has 1 unspecified atom stereocenters. The maximum absolute atomic E-state index is 12.5. The number of amides is 2. The topological polar surface area (TPSA) is 67.4 Å². The predicted octanol–water partition coefficient (Wildman–Crippen LogP) is 5.66. The molecule has 0 fully saturated rings. The zero-order chi connectivity index (χ0) is 18.7. The number of halogens is 1. The Morgan fingerprint density at radius 3 is 2.69 bits per heavy atom. The number of urea groups is 1. The summed E-state index contributed by atoms with van der Waals surface area (Å²) in [5, 5.41) is 6.73. The Kier molecular flexibility index (Phi) is 5.84. The molecule has 1 atom stereocenters. The van der Waals surface area contributed by atoms with Crippen molar-refractivity contribution in [2.24, 2.45) is 0 Å². The van der Waals surface area contributed by atoms with Crippen molar-refractivity contribution in [3.8, 4) is 0 Å². The normalized spacial score (nSPS) is 15.9. The fourth-order valence-corrected chi connectivity index (χ4v) is 4.67. The van der Waals surface area contributed by atoms with E-state index in [-0.39, 0.29) is 11.9 Å². The maximum atomic E-state index is 12.5. The number of hydrogen-bond acceptors (Lipinski definition) is 4. The van der Waals surface area contributed by atoms with Gasteiger partial charge in [0.25, 0.3) is 0 Å². The predicted molar refractivity (Wildman–Crippen MR) is 106 cm³/mol. The molecule has 0 radical (unpaired) electrons. The van der Waals surface area contributed by atoms with Crippen molar-refractivity contribution < 1.29 is 14.3 Å². The number of ether oxygens (including phenoxy) is 1. The van der Waals surface area contributed by atoms with E-state index in [4.69, 9.17) is 16.3 Å². The lowest BCUT2D eigenvalue weighted by Gasteiger charge is -2.19. The fourth-order valence-electron chi connectivity index (χ4n) is 3.20. The first-order valence-electron chi connectivity index (χ1n) is 8.65. The molecule has 0 saturated heterocycles. The largest absolute Gasteiger partial charge is 0.462 e. The molecule has 1 aromatic carbocycles. The molecule has 1 aliphatic carbocycles. The van der Waals surface area contributed by atoms with Gasteiger partial charge < -0.3 is 10.1 Å². The fraction of sp³-hybridized carbons (Fsp3) is 0.368. The van der Waals surface area contributed by atoms with Gasteiger partial charge in [0.05, 0.1) is 12.2 Å². The van der Waals surface area contributed by atoms with Crippen molar-refractivity contribution in [1.29, 1.82) is 0 Å². The van der Waals surface area contributed by atoms with Crippen LogP contribution in [-0.4, -0.2) is 18.6 Å². The summed E-state index contributed by atoms with van der Waals surface area (Å²) in [6.07, 6.45) is 3.05. The molecular weight excluding hydrogens is 372 g/mol. The van der Waals surface area contributed by atoms with Crippen molar-refractivity contribution in [1.82, 2.24) is 0 Å². The van der Waals surface area contributed by atoms with Gasteiger partial charge >= 0.3 is 12.0 Å². The molecule has 0 bridgehead atoms. The number of benzene rings is 1. The summed E-state index contributed by atoms with van der Waals surface area (Å²) < 4.78 is 5.24. The van der Waals surface area contributed by atoms with Crippen LogP contribution in [0.2, 0.25) is 5.02 Å². The van der Waals surface area contributed by atoms with Gasteiger partial charge in [-0.15, -0.1) is 11.3 Å². The van der Waals surface area contributed by atoms with Gasteiger partial charge in [0.1, 0.15) is 5.00 Å². The van der Waals surface area contributed by atoms with Crippen LogP contribution in [0.4, 0.5) is 15.5 Å². The van der Waals surface area contributed by atoms with Crippen molar-refractivity contribution in [2.75, 3.05) is 17.2 Å². The molecule has 2 aromatic rings. The smallest absolute Gasteiger partial charge is 0.341 e. The number of aryl methyl sites for hydroxylation is 1. The van der Waals surface area contributed by atoms with Gasteiger partial charge in [-0.2, -0.15) is 0 Å². The second-order valence-electron chi connectivity index (χ2n) is 6.24. The third-order valence-electron chi connectivity index (χ3n) is 4.36. The summed E-state index contributed by atoms with van der Waals surface area (Å²) in [5.74, 6) is -0.0928. The zero-order valence-corrected chi connectivity index (χ0v) is 16.3. The Morgan fingerprint density at radius 2 is 2.00 bits per heavy atom. The van der Waals surface area contributed by atoms with Gasteiger partial charge in [-0.3, -0.25) is 5.32 Å². The monoisotopic (exact) mass is 392 g/mol. The van der Waals surface area contributed by atoms with Crippen LogP contribution in [0.25, 0.3) is 0 Å². The van der Waals surface area contributed by atoms with E-state index in [0.717, 1.165) is 29.7 Å². The van der Waals surface area contributed by atoms with Crippen LogP contribution < -0.4 is 10.6 Å². The summed E-state index contributed by atoms with van der Waals surface area (Å²) in [6, 6.07) is 6.44. The number of anilines is 2. The van der Waals surface area contributed by atoms with Crippen LogP contribution in [0.15, 0.2) is 24.3 Å². The Balaban J connectivity index is 1.85. The molecule has 0 aliphatic heterocycles. The number of carbonyl (C=O) groups is 2. The van der Waals surface area contributed by atoms with Gasteiger partial charge in [0, 0.05) is 15.6 Å². The highest BCUT2D eigenvalue weighted by Gasteiger charge is 2.30. The Bertz CT molecular complexity index is 817. The average molecular weight is 393 g/mol. The van der Waals surface area contributed by atoms with Gasteiger partial charge in [0.2, 0.25) is 0 Å². The first-order valence-corrected chi connectivity index (χ1v) is 9.85. The van der Waals surface area contributed by atoms with E-state index in [1.807, 2.05) is 0 Å². The first kappa shape index (κ1) is 18.7. The molecule has 2 N–H and O–H groups in total. The number of rotatable bonds is 4. The Morgan fingerprint density at radius 1 is 1.27 bits per heavy atom. The molecule has 5 nitrogen and oxygen atoms in total. The standard InChI is InChI=1S/C19H21ClN2O3S/c1-3-25-18(23)16-15-11(2)5-4-6-14(15)26-17(16)22-19(24)21-13-9-7-12(20)8-10-13/h7-11H,3-6H2,1-2H3,(H2,21,22,24). The van der Waals surface area contributed by atoms with Crippen molar-refractivity contribution >= 4 is 45.6 Å². The second kappa shape index (κ2) is 8.10. The molecule has 7 heteroatoms. The van der Waals surface area contributed by atoms with Crippen LogP contribution in [0.3, 0.4) is 0 Å². The third kappa shape index (κ3) is 4.02. The molecule has 3 rings (SSSR count). The maximum Gasteiger partial charge on any atom is 0.341 e. The van der Waals surface area contributed by atoms with Crippen LogP contribution in [-0.2, 0) is 11.2 Å². The highest BCUT2D eigenvalue weighted by Crippen LogP contribution is 2.43. The van der Waals surface area contributed by atoms with Crippen LogP contribution in [0.1, 0.15) is 53.4 Å². The van der Waals surface area contributed by atoms with Crippen molar-refractivity contribution in [3.05, 3.63) is 45.3 Å². The molecule has 0 spiro atoms. The SMILES string of the molecule is CCOC(=O)c1c(NC(=O)Nc2ccc(Cl)cc2)sc2c1C(C)CCC2. The first-order chi connectivity index (χ1) is 12.5. The number of carbonyl (C=O) groups excluding carboxylic acids is 2. The van der Waals surface area contributed by atoms with Crippen molar-refractivity contribution in [3.63, 3.8) is 0 Å². The van der Waals surface area contributed by atoms with E-state index in [9.17, 15) is 9.59 Å². The minimum absolute atomic E-state index is 0.282.